The summed E-state index contributed by atoms with van der Waals surface area (Å²) in [5, 5.41) is 0. The molecule has 114 valence electrons. The van der Waals surface area contributed by atoms with Crippen molar-refractivity contribution in [1.29, 1.82) is 0 Å². The second-order valence-corrected chi connectivity index (χ2v) is 5.58. The molecule has 0 aromatic rings. The van der Waals surface area contributed by atoms with E-state index in [9.17, 15) is 0 Å². The number of nitrogens with two attached hydrogens (primary N) is 1. The minimum atomic E-state index is 0.235. The Morgan fingerprint density at radius 3 is 2.37 bits per heavy atom. The van der Waals surface area contributed by atoms with E-state index in [0.717, 1.165) is 26.2 Å². The van der Waals surface area contributed by atoms with Gasteiger partial charge < -0.3 is 15.2 Å². The average Bonchev–Trinajstić information content (AvgIpc) is 2.46. The van der Waals surface area contributed by atoms with Crippen LogP contribution in [0, 0.1) is 0 Å². The third kappa shape index (κ3) is 5.38. The van der Waals surface area contributed by atoms with Crippen molar-refractivity contribution in [1.82, 2.24) is 4.90 Å². The van der Waals surface area contributed by atoms with E-state index in [1.165, 1.54) is 38.5 Å². The van der Waals surface area contributed by atoms with Gasteiger partial charge in [-0.1, -0.05) is 26.2 Å². The Kier molecular flexibility index (Phi) is 8.62. The summed E-state index contributed by atoms with van der Waals surface area (Å²) in [6.45, 7) is 7.30. The lowest BCUT2D eigenvalue weighted by Gasteiger charge is -2.46. The zero-order valence-electron chi connectivity index (χ0n) is 12.8. The van der Waals surface area contributed by atoms with Crippen LogP contribution >= 0.6 is 0 Å². The first-order valence-corrected chi connectivity index (χ1v) is 7.81. The van der Waals surface area contributed by atoms with Crippen LogP contribution in [0.25, 0.3) is 0 Å². The normalized spacial score (nSPS) is 18.9. The number of nitrogens with zero attached hydrogens (tertiary/aromatic N) is 1. The smallest absolute Gasteiger partial charge is 0.0700 e. The quantitative estimate of drug-likeness (QED) is 0.618. The molecule has 1 saturated carbocycles. The lowest BCUT2D eigenvalue weighted by molar-refractivity contribution is 0.0118. The second-order valence-electron chi connectivity index (χ2n) is 5.58. The Balaban J connectivity index is 2.44. The minimum absolute atomic E-state index is 0.235. The molecule has 0 radical (unpaired) electrons. The van der Waals surface area contributed by atoms with Crippen LogP contribution in [-0.4, -0.2) is 57.0 Å². The molecule has 19 heavy (non-hydrogen) atoms. The number of hydrogen-bond acceptors (Lipinski definition) is 4. The summed E-state index contributed by atoms with van der Waals surface area (Å²) in [5.74, 6) is 0. The van der Waals surface area contributed by atoms with Gasteiger partial charge in [0.25, 0.3) is 0 Å². The number of ether oxygens (including phenoxy) is 2. The fraction of sp³-hybridized carbons (Fsp3) is 1.00. The van der Waals surface area contributed by atoms with Gasteiger partial charge in [-0.3, -0.25) is 4.90 Å². The highest BCUT2D eigenvalue weighted by Gasteiger charge is 2.35. The van der Waals surface area contributed by atoms with Crippen LogP contribution in [-0.2, 0) is 9.47 Å². The Morgan fingerprint density at radius 2 is 1.79 bits per heavy atom. The molecule has 2 N–H and O–H groups in total. The van der Waals surface area contributed by atoms with Crippen LogP contribution in [0.2, 0.25) is 0 Å². The first kappa shape index (κ1) is 16.9. The van der Waals surface area contributed by atoms with Gasteiger partial charge in [0.1, 0.15) is 0 Å². The maximum Gasteiger partial charge on any atom is 0.0700 e. The molecule has 1 rings (SSSR count). The molecule has 0 atom stereocenters. The number of hydrogen-bond donors (Lipinski definition) is 1. The summed E-state index contributed by atoms with van der Waals surface area (Å²) in [5.41, 5.74) is 6.35. The van der Waals surface area contributed by atoms with Crippen molar-refractivity contribution in [3.05, 3.63) is 0 Å². The molecule has 0 amide bonds. The third-order valence-electron chi connectivity index (χ3n) is 4.27. The van der Waals surface area contributed by atoms with Crippen LogP contribution in [0.1, 0.15) is 45.4 Å². The van der Waals surface area contributed by atoms with Gasteiger partial charge in [0.05, 0.1) is 19.8 Å². The van der Waals surface area contributed by atoms with Crippen molar-refractivity contribution in [2.45, 2.75) is 51.0 Å². The second kappa shape index (κ2) is 9.70. The summed E-state index contributed by atoms with van der Waals surface area (Å²) in [6, 6.07) is 0. The fourth-order valence-corrected chi connectivity index (χ4v) is 3.13. The van der Waals surface area contributed by atoms with Crippen LogP contribution in [0.3, 0.4) is 0 Å². The van der Waals surface area contributed by atoms with Gasteiger partial charge in [-0.25, -0.2) is 0 Å². The van der Waals surface area contributed by atoms with E-state index in [2.05, 4.69) is 11.8 Å². The molecule has 0 aromatic heterocycles. The fourth-order valence-electron chi connectivity index (χ4n) is 3.13. The standard InChI is InChI=1S/C15H32N2O2/c1-3-9-17(10-11-19-13-12-18-2)15(14-16)7-5-4-6-8-15/h3-14,16H2,1-2H3. The molecule has 4 heteroatoms. The molecular weight excluding hydrogens is 240 g/mol. The molecule has 0 aromatic carbocycles. The van der Waals surface area contributed by atoms with Gasteiger partial charge in [-0.15, -0.1) is 0 Å². The molecule has 1 aliphatic carbocycles. The molecule has 0 unspecified atom stereocenters. The van der Waals surface area contributed by atoms with Crippen molar-refractivity contribution in [3.8, 4) is 0 Å². The van der Waals surface area contributed by atoms with Gasteiger partial charge in [0.2, 0.25) is 0 Å². The first-order chi connectivity index (χ1) is 9.29. The van der Waals surface area contributed by atoms with Crippen molar-refractivity contribution in [2.75, 3.05) is 46.6 Å². The van der Waals surface area contributed by atoms with E-state index < -0.39 is 0 Å². The van der Waals surface area contributed by atoms with Crippen LogP contribution < -0.4 is 5.73 Å². The largest absolute Gasteiger partial charge is 0.382 e. The van der Waals surface area contributed by atoms with E-state index in [1.54, 1.807) is 7.11 Å². The summed E-state index contributed by atoms with van der Waals surface area (Å²) < 4.78 is 10.6. The minimum Gasteiger partial charge on any atom is -0.382 e. The van der Waals surface area contributed by atoms with Gasteiger partial charge in [0.15, 0.2) is 0 Å². The lowest BCUT2D eigenvalue weighted by atomic mass is 9.80. The van der Waals surface area contributed by atoms with Crippen molar-refractivity contribution in [2.24, 2.45) is 5.73 Å². The summed E-state index contributed by atoms with van der Waals surface area (Å²) in [7, 11) is 1.71. The predicted octanol–water partition coefficient (Wildman–Crippen LogP) is 2.02. The van der Waals surface area contributed by atoms with E-state index in [4.69, 9.17) is 15.2 Å². The van der Waals surface area contributed by atoms with Gasteiger partial charge >= 0.3 is 0 Å². The topological polar surface area (TPSA) is 47.7 Å². The molecule has 0 saturated heterocycles. The molecule has 0 heterocycles. The lowest BCUT2D eigenvalue weighted by Crippen LogP contribution is -2.56. The third-order valence-corrected chi connectivity index (χ3v) is 4.27. The van der Waals surface area contributed by atoms with E-state index in [1.807, 2.05) is 0 Å². The van der Waals surface area contributed by atoms with Crippen LogP contribution in [0.15, 0.2) is 0 Å². The molecule has 1 aliphatic rings. The molecule has 1 fully saturated rings. The van der Waals surface area contributed by atoms with E-state index >= 15 is 0 Å². The molecule has 0 aliphatic heterocycles. The Labute approximate surface area is 118 Å². The summed E-state index contributed by atoms with van der Waals surface area (Å²) >= 11 is 0. The molecule has 0 spiro atoms. The average molecular weight is 272 g/mol. The Morgan fingerprint density at radius 1 is 1.05 bits per heavy atom. The zero-order valence-corrected chi connectivity index (χ0v) is 12.8. The maximum atomic E-state index is 6.12. The van der Waals surface area contributed by atoms with Crippen molar-refractivity contribution >= 4 is 0 Å². The highest BCUT2D eigenvalue weighted by atomic mass is 16.5. The van der Waals surface area contributed by atoms with Crippen molar-refractivity contribution < 1.29 is 9.47 Å². The highest BCUT2D eigenvalue weighted by molar-refractivity contribution is 4.94. The molecular formula is C15H32N2O2. The number of methoxy groups -OCH3 is 1. The Bertz CT molecular complexity index is 218. The highest BCUT2D eigenvalue weighted by Crippen LogP contribution is 2.32. The van der Waals surface area contributed by atoms with E-state index in [-0.39, 0.29) is 5.54 Å². The maximum absolute atomic E-state index is 6.12. The predicted molar refractivity (Wildman–Crippen MR) is 79.4 cm³/mol. The Hall–Kier alpha value is -0.160. The summed E-state index contributed by atoms with van der Waals surface area (Å²) in [4.78, 5) is 2.58. The van der Waals surface area contributed by atoms with Crippen LogP contribution in [0.5, 0.6) is 0 Å². The zero-order chi connectivity index (χ0) is 14.0. The molecule has 4 nitrogen and oxygen atoms in total. The van der Waals surface area contributed by atoms with E-state index in [0.29, 0.717) is 13.2 Å². The van der Waals surface area contributed by atoms with Crippen molar-refractivity contribution in [3.63, 3.8) is 0 Å². The number of rotatable bonds is 10. The van der Waals surface area contributed by atoms with Gasteiger partial charge in [-0.2, -0.15) is 0 Å². The van der Waals surface area contributed by atoms with Crippen LogP contribution in [0.4, 0.5) is 0 Å². The van der Waals surface area contributed by atoms with Gasteiger partial charge in [-0.05, 0) is 25.8 Å². The van der Waals surface area contributed by atoms with Gasteiger partial charge in [0, 0.05) is 25.7 Å². The first-order valence-electron chi connectivity index (χ1n) is 7.81. The summed E-state index contributed by atoms with van der Waals surface area (Å²) in [6.07, 6.45) is 7.69. The molecule has 0 bridgehead atoms. The SMILES string of the molecule is CCCN(CCOCCOC)C1(CN)CCCCC1. The monoisotopic (exact) mass is 272 g/mol.